The molecule has 0 aliphatic heterocycles. The van der Waals surface area contributed by atoms with Crippen LogP contribution in [-0.4, -0.2) is 10.0 Å². The van der Waals surface area contributed by atoms with Crippen molar-refractivity contribution in [3.05, 3.63) is 24.0 Å². The fourth-order valence-electron chi connectivity index (χ4n) is 1.12. The highest BCUT2D eigenvalue weighted by Crippen LogP contribution is 2.24. The van der Waals surface area contributed by atoms with Gasteiger partial charge in [-0.2, -0.15) is 0 Å². The lowest BCUT2D eigenvalue weighted by atomic mass is 10.0. The molecule has 1 aliphatic carbocycles. The Morgan fingerprint density at radius 3 is 2.67 bits per heavy atom. The summed E-state index contributed by atoms with van der Waals surface area (Å²) in [4.78, 5) is 0. The van der Waals surface area contributed by atoms with Crippen LogP contribution in [0.5, 0.6) is 0 Å². The summed E-state index contributed by atoms with van der Waals surface area (Å²) in [6.45, 7) is 6.31. The third kappa shape index (κ3) is 2.81. The molecule has 0 aromatic heterocycles. The minimum atomic E-state index is 0.277. The van der Waals surface area contributed by atoms with Crippen LogP contribution in [0.1, 0.15) is 20.8 Å². The van der Waals surface area contributed by atoms with Gasteiger partial charge in [-0.05, 0) is 31.9 Å². The third-order valence-corrected chi connectivity index (χ3v) is 3.30. The smallest absolute Gasteiger partial charge is 0.115 e. The van der Waals surface area contributed by atoms with E-state index in [1.54, 1.807) is 0 Å². The van der Waals surface area contributed by atoms with Gasteiger partial charge in [-0.3, -0.25) is 0 Å². The fourth-order valence-corrected chi connectivity index (χ4v) is 1.53. The number of alkyl halides is 1. The normalized spacial score (nSPS) is 28.9. The minimum absolute atomic E-state index is 0.277. The van der Waals surface area contributed by atoms with E-state index in [0.29, 0.717) is 9.84 Å². The quantitative estimate of drug-likeness (QED) is 0.556. The summed E-state index contributed by atoms with van der Waals surface area (Å²) in [5.74, 6) is 1.61. The van der Waals surface area contributed by atoms with E-state index < -0.39 is 0 Å². The highest BCUT2D eigenvalue weighted by Gasteiger charge is 2.14. The molecule has 2 heteroatoms. The molecule has 0 aromatic carbocycles. The SMILES string of the molecule is CC(C)OC1=CC(C)C(I)C=C1. The summed E-state index contributed by atoms with van der Waals surface area (Å²) in [5, 5.41) is 0. The Bertz CT molecular complexity index is 206. The first-order valence-electron chi connectivity index (χ1n) is 4.30. The zero-order valence-corrected chi connectivity index (χ0v) is 9.91. The molecule has 0 aromatic rings. The van der Waals surface area contributed by atoms with Crippen molar-refractivity contribution in [2.24, 2.45) is 5.92 Å². The molecular formula is C10H15IO. The van der Waals surface area contributed by atoms with E-state index in [9.17, 15) is 0 Å². The van der Waals surface area contributed by atoms with Crippen LogP contribution >= 0.6 is 22.6 Å². The van der Waals surface area contributed by atoms with E-state index in [2.05, 4.69) is 61.6 Å². The van der Waals surface area contributed by atoms with Crippen molar-refractivity contribution in [3.8, 4) is 0 Å². The molecule has 12 heavy (non-hydrogen) atoms. The number of hydrogen-bond donors (Lipinski definition) is 0. The predicted octanol–water partition coefficient (Wildman–Crippen LogP) is 3.30. The molecule has 0 spiro atoms. The summed E-state index contributed by atoms with van der Waals surface area (Å²) in [5.41, 5.74) is 0. The van der Waals surface area contributed by atoms with E-state index in [1.807, 2.05) is 0 Å². The minimum Gasteiger partial charge on any atom is -0.491 e. The summed E-state index contributed by atoms with van der Waals surface area (Å²) in [6, 6.07) is 0. The van der Waals surface area contributed by atoms with Crippen LogP contribution < -0.4 is 0 Å². The molecule has 0 N–H and O–H groups in total. The largest absolute Gasteiger partial charge is 0.491 e. The van der Waals surface area contributed by atoms with E-state index in [0.717, 1.165) is 5.76 Å². The number of halogens is 1. The van der Waals surface area contributed by atoms with Crippen LogP contribution in [-0.2, 0) is 4.74 Å². The third-order valence-electron chi connectivity index (χ3n) is 1.75. The second-order valence-corrected chi connectivity index (χ2v) is 4.84. The van der Waals surface area contributed by atoms with Crippen LogP contribution in [0.15, 0.2) is 24.0 Å². The van der Waals surface area contributed by atoms with Gasteiger partial charge in [0.05, 0.1) is 6.10 Å². The topological polar surface area (TPSA) is 9.23 Å². The van der Waals surface area contributed by atoms with Crippen molar-refractivity contribution in [2.75, 3.05) is 0 Å². The van der Waals surface area contributed by atoms with Crippen molar-refractivity contribution in [2.45, 2.75) is 30.8 Å². The Labute approximate surface area is 88.0 Å². The van der Waals surface area contributed by atoms with Crippen LogP contribution in [0.25, 0.3) is 0 Å². The van der Waals surface area contributed by atoms with Gasteiger partial charge in [0.2, 0.25) is 0 Å². The molecule has 0 heterocycles. The van der Waals surface area contributed by atoms with Crippen molar-refractivity contribution in [1.29, 1.82) is 0 Å². The van der Waals surface area contributed by atoms with E-state index in [4.69, 9.17) is 4.74 Å². The number of hydrogen-bond acceptors (Lipinski definition) is 1. The van der Waals surface area contributed by atoms with Gasteiger partial charge in [0.25, 0.3) is 0 Å². The first-order chi connectivity index (χ1) is 5.59. The highest BCUT2D eigenvalue weighted by molar-refractivity contribution is 14.1. The van der Waals surface area contributed by atoms with Gasteiger partial charge in [-0.1, -0.05) is 35.6 Å². The Hall–Kier alpha value is 0.01000. The standard InChI is InChI=1S/C10H15IO/c1-7(2)12-9-4-5-10(11)8(3)6-9/h4-8,10H,1-3H3. The molecule has 2 atom stereocenters. The first-order valence-corrected chi connectivity index (χ1v) is 5.55. The lowest BCUT2D eigenvalue weighted by Gasteiger charge is -2.19. The molecule has 0 bridgehead atoms. The van der Waals surface area contributed by atoms with Gasteiger partial charge in [-0.15, -0.1) is 0 Å². The second-order valence-electron chi connectivity index (χ2n) is 3.40. The molecule has 0 amide bonds. The van der Waals surface area contributed by atoms with Crippen molar-refractivity contribution >= 4 is 22.6 Å². The average molecular weight is 278 g/mol. The average Bonchev–Trinajstić information content (AvgIpc) is 1.96. The summed E-state index contributed by atoms with van der Waals surface area (Å²) in [7, 11) is 0. The molecule has 1 rings (SSSR count). The zero-order valence-electron chi connectivity index (χ0n) is 7.75. The summed E-state index contributed by atoms with van der Waals surface area (Å²) in [6.07, 6.45) is 6.73. The second kappa shape index (κ2) is 4.30. The molecule has 1 nitrogen and oxygen atoms in total. The summed E-state index contributed by atoms with van der Waals surface area (Å²) < 4.78 is 6.19. The lowest BCUT2D eigenvalue weighted by Crippen LogP contribution is -2.12. The lowest BCUT2D eigenvalue weighted by molar-refractivity contribution is 0.155. The maximum atomic E-state index is 5.58. The van der Waals surface area contributed by atoms with E-state index in [1.165, 1.54) is 0 Å². The van der Waals surface area contributed by atoms with E-state index in [-0.39, 0.29) is 6.10 Å². The molecule has 2 unspecified atom stereocenters. The zero-order chi connectivity index (χ0) is 9.14. The van der Waals surface area contributed by atoms with Crippen LogP contribution in [0.3, 0.4) is 0 Å². The van der Waals surface area contributed by atoms with Crippen LogP contribution in [0.2, 0.25) is 0 Å². The van der Waals surface area contributed by atoms with Crippen LogP contribution in [0, 0.1) is 5.92 Å². The van der Waals surface area contributed by atoms with Crippen molar-refractivity contribution < 1.29 is 4.74 Å². The molecule has 0 saturated carbocycles. The molecule has 0 saturated heterocycles. The van der Waals surface area contributed by atoms with Crippen LogP contribution in [0.4, 0.5) is 0 Å². The van der Waals surface area contributed by atoms with Gasteiger partial charge in [0.1, 0.15) is 5.76 Å². The van der Waals surface area contributed by atoms with Gasteiger partial charge < -0.3 is 4.74 Å². The maximum absolute atomic E-state index is 5.58. The number of rotatable bonds is 2. The Kier molecular flexibility index (Phi) is 3.62. The Morgan fingerprint density at radius 2 is 2.17 bits per heavy atom. The number of allylic oxidation sites excluding steroid dienone is 3. The maximum Gasteiger partial charge on any atom is 0.115 e. The van der Waals surface area contributed by atoms with Gasteiger partial charge in [-0.25, -0.2) is 0 Å². The first kappa shape index (κ1) is 10.1. The predicted molar refractivity (Wildman–Crippen MR) is 60.4 cm³/mol. The van der Waals surface area contributed by atoms with Gasteiger partial charge in [0.15, 0.2) is 0 Å². The highest BCUT2D eigenvalue weighted by atomic mass is 127. The Balaban J connectivity index is 2.57. The van der Waals surface area contributed by atoms with E-state index >= 15 is 0 Å². The molecular weight excluding hydrogens is 263 g/mol. The van der Waals surface area contributed by atoms with Gasteiger partial charge >= 0.3 is 0 Å². The van der Waals surface area contributed by atoms with Crippen molar-refractivity contribution in [1.82, 2.24) is 0 Å². The van der Waals surface area contributed by atoms with Crippen molar-refractivity contribution in [3.63, 3.8) is 0 Å². The monoisotopic (exact) mass is 278 g/mol. The Morgan fingerprint density at radius 1 is 1.50 bits per heavy atom. The fraction of sp³-hybridized carbons (Fsp3) is 0.600. The molecule has 0 radical (unpaired) electrons. The number of ether oxygens (including phenoxy) is 1. The van der Waals surface area contributed by atoms with Gasteiger partial charge in [0, 0.05) is 3.92 Å². The molecule has 68 valence electrons. The molecule has 1 aliphatic rings. The molecule has 0 fully saturated rings. The summed E-state index contributed by atoms with van der Waals surface area (Å²) >= 11 is 2.44.